The Bertz CT molecular complexity index is 742. The predicted molar refractivity (Wildman–Crippen MR) is 70.3 cm³/mol. The molecule has 1 aliphatic rings. The molecule has 0 amide bonds. The Labute approximate surface area is 117 Å². The number of aromatic nitrogens is 4. The molecule has 0 saturated heterocycles. The number of imidazole rings is 1. The van der Waals surface area contributed by atoms with E-state index in [9.17, 15) is 25.2 Å². The number of hydrogen-bond acceptors (Lipinski definition) is 8. The second-order valence-electron chi connectivity index (χ2n) is 5.19. The number of nitrogens with one attached hydrogen (secondary N) is 1. The molecular weight excluding hydrogens is 282 g/mol. The minimum Gasteiger partial charge on any atom is -0.393 e. The van der Waals surface area contributed by atoms with Gasteiger partial charge in [-0.1, -0.05) is 0 Å². The van der Waals surface area contributed by atoms with Gasteiger partial charge in [0.2, 0.25) is 5.95 Å². The Hall–Kier alpha value is -2.01. The Morgan fingerprint density at radius 2 is 2.24 bits per heavy atom. The zero-order valence-corrected chi connectivity index (χ0v) is 10.8. The summed E-state index contributed by atoms with van der Waals surface area (Å²) in [5.74, 6) is -0.144. The summed E-state index contributed by atoms with van der Waals surface area (Å²) in [7, 11) is 0. The van der Waals surface area contributed by atoms with E-state index in [2.05, 4.69) is 15.0 Å². The number of nitrogen functional groups attached to an aromatic ring is 1. The maximum atomic E-state index is 11.7. The summed E-state index contributed by atoms with van der Waals surface area (Å²) in [6, 6.07) is -1.10. The highest BCUT2D eigenvalue weighted by atomic mass is 16.4. The van der Waals surface area contributed by atoms with E-state index in [1.165, 1.54) is 10.9 Å². The van der Waals surface area contributed by atoms with Gasteiger partial charge < -0.3 is 30.7 Å². The van der Waals surface area contributed by atoms with Gasteiger partial charge in [0, 0.05) is 6.42 Å². The normalized spacial score (nSPS) is 32.9. The Morgan fingerprint density at radius 1 is 1.52 bits per heavy atom. The van der Waals surface area contributed by atoms with E-state index in [4.69, 9.17) is 5.73 Å². The number of fused-ring (bicyclic) bond motifs is 1. The van der Waals surface area contributed by atoms with Crippen molar-refractivity contribution in [2.24, 2.45) is 0 Å². The van der Waals surface area contributed by atoms with E-state index >= 15 is 0 Å². The van der Waals surface area contributed by atoms with Crippen LogP contribution in [0.25, 0.3) is 11.2 Å². The molecule has 2 heterocycles. The number of aliphatic hydroxyl groups is 4. The molecule has 2 unspecified atom stereocenters. The fourth-order valence-electron chi connectivity index (χ4n) is 2.86. The average molecular weight is 297 g/mol. The summed E-state index contributed by atoms with van der Waals surface area (Å²) in [6.45, 7) is -0.770. The molecule has 3 rings (SSSR count). The summed E-state index contributed by atoms with van der Waals surface area (Å²) in [5.41, 5.74) is 3.00. The number of aliphatic hydroxyl groups excluding tert-OH is 3. The van der Waals surface area contributed by atoms with Gasteiger partial charge in [-0.3, -0.25) is 9.78 Å². The monoisotopic (exact) mass is 297 g/mol. The van der Waals surface area contributed by atoms with Gasteiger partial charge in [-0.25, -0.2) is 4.98 Å². The molecule has 114 valence electrons. The van der Waals surface area contributed by atoms with Crippen LogP contribution < -0.4 is 11.3 Å². The molecule has 2 aromatic rings. The number of rotatable bonds is 2. The first-order chi connectivity index (χ1) is 9.88. The molecule has 10 nitrogen and oxygen atoms in total. The van der Waals surface area contributed by atoms with Crippen LogP contribution in [0.5, 0.6) is 0 Å². The standard InChI is InChI=1S/C11H15N5O5/c12-10-14-8-6(9(20)15-10)13-3-16(8)7-4(18)1-5(19)11(7,21)2-17/h3-5,7,17-19,21H,1-2H2,(H3,12,14,15,20)/t4-,5?,7+,11?/m1/s1. The van der Waals surface area contributed by atoms with Gasteiger partial charge in [-0.2, -0.15) is 4.98 Å². The highest BCUT2D eigenvalue weighted by molar-refractivity contribution is 5.70. The number of hydrogen-bond donors (Lipinski definition) is 6. The van der Waals surface area contributed by atoms with Crippen LogP contribution in [-0.4, -0.2) is 64.4 Å². The number of anilines is 1. The van der Waals surface area contributed by atoms with Gasteiger partial charge in [-0.15, -0.1) is 0 Å². The largest absolute Gasteiger partial charge is 0.393 e. The molecule has 7 N–H and O–H groups in total. The van der Waals surface area contributed by atoms with Gasteiger partial charge in [0.25, 0.3) is 5.56 Å². The topological polar surface area (TPSA) is 171 Å². The number of H-pyrrole nitrogens is 1. The first kappa shape index (κ1) is 13.9. The Morgan fingerprint density at radius 3 is 2.90 bits per heavy atom. The number of nitrogens with zero attached hydrogens (tertiary/aromatic N) is 3. The maximum Gasteiger partial charge on any atom is 0.280 e. The predicted octanol–water partition coefficient (Wildman–Crippen LogP) is -2.91. The van der Waals surface area contributed by atoms with Crippen molar-refractivity contribution in [2.45, 2.75) is 30.3 Å². The van der Waals surface area contributed by atoms with E-state index in [1.807, 2.05) is 0 Å². The van der Waals surface area contributed by atoms with Crippen molar-refractivity contribution < 1.29 is 20.4 Å². The van der Waals surface area contributed by atoms with Crippen LogP contribution in [0, 0.1) is 0 Å². The summed E-state index contributed by atoms with van der Waals surface area (Å²) < 4.78 is 1.25. The van der Waals surface area contributed by atoms with Crippen LogP contribution in [-0.2, 0) is 0 Å². The lowest BCUT2D eigenvalue weighted by Crippen LogP contribution is -2.48. The van der Waals surface area contributed by atoms with E-state index in [1.54, 1.807) is 0 Å². The molecule has 2 aromatic heterocycles. The average Bonchev–Trinajstić information content (AvgIpc) is 2.90. The van der Waals surface area contributed by atoms with Crippen molar-refractivity contribution in [3.8, 4) is 0 Å². The van der Waals surface area contributed by atoms with Gasteiger partial charge >= 0.3 is 0 Å². The quantitative estimate of drug-likeness (QED) is 0.342. The third-order valence-electron chi connectivity index (χ3n) is 3.92. The Kier molecular flexibility index (Phi) is 2.99. The summed E-state index contributed by atoms with van der Waals surface area (Å²) in [4.78, 5) is 21.8. The first-order valence-corrected chi connectivity index (χ1v) is 6.30. The molecular formula is C11H15N5O5. The van der Waals surface area contributed by atoms with Gasteiger partial charge in [-0.05, 0) is 0 Å². The molecule has 10 heteroatoms. The second kappa shape index (κ2) is 4.49. The third-order valence-corrected chi connectivity index (χ3v) is 3.92. The van der Waals surface area contributed by atoms with Crippen LogP contribution in [0.4, 0.5) is 5.95 Å². The molecule has 4 atom stereocenters. The molecule has 21 heavy (non-hydrogen) atoms. The van der Waals surface area contributed by atoms with Crippen molar-refractivity contribution in [3.63, 3.8) is 0 Å². The number of nitrogens with two attached hydrogens (primary N) is 1. The van der Waals surface area contributed by atoms with Crippen molar-refractivity contribution in [1.29, 1.82) is 0 Å². The Balaban J connectivity index is 2.22. The smallest absolute Gasteiger partial charge is 0.280 e. The SMILES string of the molecule is Nc1nc2c(ncn2[C@H]2[C@H](O)CC(O)C2(O)CO)c(=O)[nH]1. The zero-order chi connectivity index (χ0) is 15.4. The molecule has 1 fully saturated rings. The summed E-state index contributed by atoms with van der Waals surface area (Å²) >= 11 is 0. The molecule has 0 bridgehead atoms. The number of aromatic amines is 1. The van der Waals surface area contributed by atoms with Gasteiger partial charge in [0.1, 0.15) is 5.60 Å². The van der Waals surface area contributed by atoms with Crippen LogP contribution in [0.2, 0.25) is 0 Å². The lowest BCUT2D eigenvalue weighted by Gasteiger charge is -2.32. The molecule has 0 radical (unpaired) electrons. The maximum absolute atomic E-state index is 11.7. The lowest BCUT2D eigenvalue weighted by atomic mass is 9.96. The van der Waals surface area contributed by atoms with Crippen molar-refractivity contribution in [2.75, 3.05) is 12.3 Å². The van der Waals surface area contributed by atoms with Crippen molar-refractivity contribution >= 4 is 17.1 Å². The third kappa shape index (κ3) is 1.84. The van der Waals surface area contributed by atoms with Crippen LogP contribution >= 0.6 is 0 Å². The van der Waals surface area contributed by atoms with Crippen LogP contribution in [0.15, 0.2) is 11.1 Å². The molecule has 1 aliphatic carbocycles. The van der Waals surface area contributed by atoms with E-state index < -0.39 is 36.0 Å². The van der Waals surface area contributed by atoms with E-state index in [-0.39, 0.29) is 23.5 Å². The highest BCUT2D eigenvalue weighted by Crippen LogP contribution is 2.40. The van der Waals surface area contributed by atoms with E-state index in [0.29, 0.717) is 0 Å². The van der Waals surface area contributed by atoms with Crippen molar-refractivity contribution in [3.05, 3.63) is 16.7 Å². The van der Waals surface area contributed by atoms with E-state index in [0.717, 1.165) is 0 Å². The first-order valence-electron chi connectivity index (χ1n) is 6.30. The fourth-order valence-corrected chi connectivity index (χ4v) is 2.86. The molecule has 0 aliphatic heterocycles. The van der Waals surface area contributed by atoms with Gasteiger partial charge in [0.15, 0.2) is 11.2 Å². The fraction of sp³-hybridized carbons (Fsp3) is 0.545. The van der Waals surface area contributed by atoms with Crippen LogP contribution in [0.3, 0.4) is 0 Å². The minimum atomic E-state index is -1.97. The minimum absolute atomic E-state index is 0.0157. The summed E-state index contributed by atoms with van der Waals surface area (Å²) in [6.07, 6.45) is -1.38. The van der Waals surface area contributed by atoms with Crippen LogP contribution in [0.1, 0.15) is 12.5 Å². The van der Waals surface area contributed by atoms with Gasteiger partial charge in [0.05, 0.1) is 31.2 Å². The molecule has 1 saturated carbocycles. The van der Waals surface area contributed by atoms with Crippen molar-refractivity contribution in [1.82, 2.24) is 19.5 Å². The molecule has 0 spiro atoms. The zero-order valence-electron chi connectivity index (χ0n) is 10.8. The summed E-state index contributed by atoms with van der Waals surface area (Å²) in [5, 5.41) is 39.7. The second-order valence-corrected chi connectivity index (χ2v) is 5.19. The highest BCUT2D eigenvalue weighted by Gasteiger charge is 2.54. The molecule has 0 aromatic carbocycles. The lowest BCUT2D eigenvalue weighted by molar-refractivity contribution is -0.111.